The molecule has 0 radical (unpaired) electrons. The normalized spacial score (nSPS) is 11.8. The molecule has 3 rings (SSSR count). The number of fused-ring (bicyclic) bond motifs is 1. The van der Waals surface area contributed by atoms with E-state index in [1.807, 2.05) is 24.4 Å². The van der Waals surface area contributed by atoms with Crippen molar-refractivity contribution in [2.45, 2.75) is 11.4 Å². The molecule has 0 bridgehead atoms. The van der Waals surface area contributed by atoms with Crippen molar-refractivity contribution in [2.75, 3.05) is 18.4 Å². The smallest absolute Gasteiger partial charge is 0.261 e. The summed E-state index contributed by atoms with van der Waals surface area (Å²) in [4.78, 5) is 0.171. The van der Waals surface area contributed by atoms with Crippen LogP contribution >= 0.6 is 11.6 Å². The van der Waals surface area contributed by atoms with Crippen LogP contribution in [0.15, 0.2) is 59.6 Å². The molecular weight excluding hydrogens is 348 g/mol. The van der Waals surface area contributed by atoms with Crippen LogP contribution in [-0.4, -0.2) is 26.7 Å². The van der Waals surface area contributed by atoms with E-state index >= 15 is 0 Å². The third-order valence-corrected chi connectivity index (χ3v) is 5.33. The molecule has 0 aliphatic rings. The Labute approximate surface area is 145 Å². The van der Waals surface area contributed by atoms with Gasteiger partial charge in [0.2, 0.25) is 0 Å². The standard InChI is InChI=1S/C17H17ClN2O3S/c1-23-11-10-20-9-8-13-12-15(4-7-17(13)20)19-24(21,22)16-5-2-14(18)3-6-16/h2-9,12,19H,10-11H2,1H3. The van der Waals surface area contributed by atoms with Gasteiger partial charge in [0.05, 0.1) is 11.5 Å². The zero-order chi connectivity index (χ0) is 17.2. The number of hydrogen-bond acceptors (Lipinski definition) is 3. The molecule has 1 aromatic heterocycles. The summed E-state index contributed by atoms with van der Waals surface area (Å²) in [5.74, 6) is 0. The van der Waals surface area contributed by atoms with E-state index in [9.17, 15) is 8.42 Å². The summed E-state index contributed by atoms with van der Waals surface area (Å²) in [5, 5.41) is 1.45. The van der Waals surface area contributed by atoms with E-state index in [4.69, 9.17) is 16.3 Å². The molecule has 0 atom stereocenters. The fourth-order valence-corrected chi connectivity index (χ4v) is 3.65. The summed E-state index contributed by atoms with van der Waals surface area (Å²) >= 11 is 5.80. The molecule has 126 valence electrons. The molecule has 2 aromatic carbocycles. The van der Waals surface area contributed by atoms with E-state index in [0.29, 0.717) is 17.3 Å². The minimum absolute atomic E-state index is 0.171. The summed E-state index contributed by atoms with van der Waals surface area (Å²) in [7, 11) is -1.98. The van der Waals surface area contributed by atoms with E-state index < -0.39 is 10.0 Å². The van der Waals surface area contributed by atoms with Crippen molar-refractivity contribution in [3.05, 3.63) is 59.8 Å². The molecule has 0 spiro atoms. The molecule has 24 heavy (non-hydrogen) atoms. The molecule has 3 aromatic rings. The second kappa shape index (κ2) is 6.84. The van der Waals surface area contributed by atoms with Gasteiger partial charge in [0, 0.05) is 41.5 Å². The highest BCUT2D eigenvalue weighted by molar-refractivity contribution is 7.92. The van der Waals surface area contributed by atoms with Gasteiger partial charge in [-0.25, -0.2) is 8.42 Å². The predicted molar refractivity (Wildman–Crippen MR) is 96.1 cm³/mol. The Balaban J connectivity index is 1.86. The number of aromatic nitrogens is 1. The van der Waals surface area contributed by atoms with Gasteiger partial charge in [-0.2, -0.15) is 0 Å². The maximum atomic E-state index is 12.4. The van der Waals surface area contributed by atoms with Gasteiger partial charge in [-0.1, -0.05) is 11.6 Å². The van der Waals surface area contributed by atoms with Crippen LogP contribution in [0.1, 0.15) is 0 Å². The number of sulfonamides is 1. The first-order chi connectivity index (χ1) is 11.5. The maximum Gasteiger partial charge on any atom is 0.261 e. The quantitative estimate of drug-likeness (QED) is 0.724. The Morgan fingerprint density at radius 1 is 1.12 bits per heavy atom. The van der Waals surface area contributed by atoms with Crippen molar-refractivity contribution in [2.24, 2.45) is 0 Å². The number of benzene rings is 2. The Bertz CT molecular complexity index is 950. The van der Waals surface area contributed by atoms with Crippen LogP contribution in [0.5, 0.6) is 0 Å². The number of anilines is 1. The number of nitrogens with zero attached hydrogens (tertiary/aromatic N) is 1. The van der Waals surface area contributed by atoms with Crippen LogP contribution in [0.25, 0.3) is 10.9 Å². The minimum atomic E-state index is -3.64. The van der Waals surface area contributed by atoms with Crippen LogP contribution in [-0.2, 0) is 21.3 Å². The van der Waals surface area contributed by atoms with Crippen LogP contribution in [0.2, 0.25) is 5.02 Å². The van der Waals surface area contributed by atoms with Crippen molar-refractivity contribution in [1.29, 1.82) is 0 Å². The van der Waals surface area contributed by atoms with Crippen molar-refractivity contribution >= 4 is 38.2 Å². The van der Waals surface area contributed by atoms with Crippen molar-refractivity contribution in [3.8, 4) is 0 Å². The van der Waals surface area contributed by atoms with E-state index in [1.54, 1.807) is 25.3 Å². The molecule has 1 N–H and O–H groups in total. The second-order valence-electron chi connectivity index (χ2n) is 5.33. The average Bonchev–Trinajstić information content (AvgIpc) is 2.95. The molecule has 0 unspecified atom stereocenters. The van der Waals surface area contributed by atoms with Gasteiger partial charge in [-0.3, -0.25) is 4.72 Å². The molecule has 0 fully saturated rings. The zero-order valence-electron chi connectivity index (χ0n) is 13.1. The molecule has 1 heterocycles. The summed E-state index contributed by atoms with van der Waals surface area (Å²) in [6.07, 6.45) is 1.96. The van der Waals surface area contributed by atoms with Gasteiger partial charge in [0.25, 0.3) is 10.0 Å². The SMILES string of the molecule is COCCn1ccc2cc(NS(=O)(=O)c3ccc(Cl)cc3)ccc21. The van der Waals surface area contributed by atoms with Gasteiger partial charge in [0.1, 0.15) is 0 Å². The molecule has 7 heteroatoms. The van der Waals surface area contributed by atoms with Gasteiger partial charge in [-0.15, -0.1) is 0 Å². The third kappa shape index (κ3) is 3.56. The number of halogens is 1. The monoisotopic (exact) mass is 364 g/mol. The fraction of sp³-hybridized carbons (Fsp3) is 0.176. The van der Waals surface area contributed by atoms with Crippen molar-refractivity contribution < 1.29 is 13.2 Å². The topological polar surface area (TPSA) is 60.3 Å². The first kappa shape index (κ1) is 16.8. The van der Waals surface area contributed by atoms with Gasteiger partial charge in [0.15, 0.2) is 0 Å². The molecular formula is C17H17ClN2O3S. The highest BCUT2D eigenvalue weighted by atomic mass is 35.5. The number of methoxy groups -OCH3 is 1. The lowest BCUT2D eigenvalue weighted by atomic mass is 10.2. The second-order valence-corrected chi connectivity index (χ2v) is 7.45. The predicted octanol–water partition coefficient (Wildman–Crippen LogP) is 3.74. The summed E-state index contributed by atoms with van der Waals surface area (Å²) < 4.78 is 34.6. The summed E-state index contributed by atoms with van der Waals surface area (Å²) in [5.41, 5.74) is 1.54. The van der Waals surface area contributed by atoms with Crippen LogP contribution in [0, 0.1) is 0 Å². The highest BCUT2D eigenvalue weighted by Crippen LogP contribution is 2.23. The number of ether oxygens (including phenoxy) is 1. The first-order valence-electron chi connectivity index (χ1n) is 7.36. The molecule has 0 saturated heterocycles. The van der Waals surface area contributed by atoms with E-state index in [-0.39, 0.29) is 4.90 Å². The van der Waals surface area contributed by atoms with E-state index in [1.165, 1.54) is 12.1 Å². The van der Waals surface area contributed by atoms with Gasteiger partial charge in [-0.05, 0) is 48.5 Å². The summed E-state index contributed by atoms with van der Waals surface area (Å²) in [6.45, 7) is 1.37. The van der Waals surface area contributed by atoms with Gasteiger partial charge >= 0.3 is 0 Å². The molecule has 0 aliphatic carbocycles. The highest BCUT2D eigenvalue weighted by Gasteiger charge is 2.14. The number of rotatable bonds is 6. The van der Waals surface area contributed by atoms with E-state index in [0.717, 1.165) is 17.4 Å². The molecule has 5 nitrogen and oxygen atoms in total. The minimum Gasteiger partial charge on any atom is -0.383 e. The largest absolute Gasteiger partial charge is 0.383 e. The number of nitrogens with one attached hydrogen (secondary N) is 1. The van der Waals surface area contributed by atoms with Crippen LogP contribution in [0.3, 0.4) is 0 Å². The fourth-order valence-electron chi connectivity index (χ4n) is 2.48. The third-order valence-electron chi connectivity index (χ3n) is 3.68. The van der Waals surface area contributed by atoms with Crippen LogP contribution < -0.4 is 4.72 Å². The zero-order valence-corrected chi connectivity index (χ0v) is 14.6. The Hall–Kier alpha value is -2.02. The molecule has 0 amide bonds. The lowest BCUT2D eigenvalue weighted by Crippen LogP contribution is -2.12. The lowest BCUT2D eigenvalue weighted by Gasteiger charge is -2.09. The molecule has 0 aliphatic heterocycles. The Morgan fingerprint density at radius 3 is 2.58 bits per heavy atom. The molecule has 0 saturated carbocycles. The van der Waals surface area contributed by atoms with Crippen LogP contribution in [0.4, 0.5) is 5.69 Å². The first-order valence-corrected chi connectivity index (χ1v) is 9.22. The van der Waals surface area contributed by atoms with Crippen molar-refractivity contribution in [1.82, 2.24) is 4.57 Å². The lowest BCUT2D eigenvalue weighted by molar-refractivity contribution is 0.188. The van der Waals surface area contributed by atoms with Gasteiger partial charge < -0.3 is 9.30 Å². The summed E-state index contributed by atoms with van der Waals surface area (Å²) in [6, 6.07) is 13.5. The Morgan fingerprint density at radius 2 is 1.88 bits per heavy atom. The van der Waals surface area contributed by atoms with Crippen molar-refractivity contribution in [3.63, 3.8) is 0 Å². The Kier molecular flexibility index (Phi) is 4.80. The van der Waals surface area contributed by atoms with E-state index in [2.05, 4.69) is 9.29 Å². The number of hydrogen-bond donors (Lipinski definition) is 1. The maximum absolute atomic E-state index is 12.4. The average molecular weight is 365 g/mol.